The van der Waals surface area contributed by atoms with E-state index in [1.807, 2.05) is 0 Å². The standard InChI is InChI=1S/C23H36O2/c1-3-5-10-18-13-14-21(22(15-18)20-11-7-6-8-12-20)23-24-16-19(9-4-2)17-25-23/h13-15,19-20,23H,3-12,16-17H2,1-2H3/t19-,23-. The van der Waals surface area contributed by atoms with Crippen LogP contribution < -0.4 is 0 Å². The molecule has 25 heavy (non-hydrogen) atoms. The van der Waals surface area contributed by atoms with Gasteiger partial charge in [0.05, 0.1) is 13.2 Å². The molecule has 2 aliphatic rings. The summed E-state index contributed by atoms with van der Waals surface area (Å²) in [7, 11) is 0. The number of rotatable bonds is 7. The fourth-order valence-electron chi connectivity index (χ4n) is 4.44. The van der Waals surface area contributed by atoms with Crippen LogP contribution in [0.15, 0.2) is 18.2 Å². The summed E-state index contributed by atoms with van der Waals surface area (Å²) < 4.78 is 12.3. The van der Waals surface area contributed by atoms with Crippen LogP contribution in [0.25, 0.3) is 0 Å². The first-order valence-corrected chi connectivity index (χ1v) is 10.7. The Morgan fingerprint density at radius 3 is 2.36 bits per heavy atom. The van der Waals surface area contributed by atoms with Gasteiger partial charge in [-0.3, -0.25) is 0 Å². The van der Waals surface area contributed by atoms with Crippen LogP contribution in [0.5, 0.6) is 0 Å². The van der Waals surface area contributed by atoms with Crippen molar-refractivity contribution in [1.82, 2.24) is 0 Å². The molecule has 0 bridgehead atoms. The molecule has 3 rings (SSSR count). The normalized spacial score (nSPS) is 25.2. The molecule has 0 N–H and O–H groups in total. The highest BCUT2D eigenvalue weighted by Crippen LogP contribution is 2.39. The molecule has 1 aromatic carbocycles. The zero-order valence-corrected chi connectivity index (χ0v) is 16.3. The highest BCUT2D eigenvalue weighted by atomic mass is 16.7. The monoisotopic (exact) mass is 344 g/mol. The molecular formula is C23H36O2. The lowest BCUT2D eigenvalue weighted by Crippen LogP contribution is -2.28. The smallest absolute Gasteiger partial charge is 0.184 e. The number of benzene rings is 1. The van der Waals surface area contributed by atoms with E-state index in [-0.39, 0.29) is 6.29 Å². The van der Waals surface area contributed by atoms with E-state index >= 15 is 0 Å². The molecule has 0 spiro atoms. The minimum absolute atomic E-state index is 0.148. The van der Waals surface area contributed by atoms with Crippen LogP contribution in [0, 0.1) is 5.92 Å². The molecule has 1 heterocycles. The van der Waals surface area contributed by atoms with E-state index < -0.39 is 0 Å². The number of hydrogen-bond acceptors (Lipinski definition) is 2. The molecule has 0 aromatic heterocycles. The van der Waals surface area contributed by atoms with Crippen LogP contribution in [0.2, 0.25) is 0 Å². The predicted molar refractivity (Wildman–Crippen MR) is 104 cm³/mol. The second-order valence-electron chi connectivity index (χ2n) is 8.06. The molecule has 1 aliphatic heterocycles. The van der Waals surface area contributed by atoms with E-state index in [9.17, 15) is 0 Å². The lowest BCUT2D eigenvalue weighted by Gasteiger charge is -2.33. The molecule has 1 aromatic rings. The molecule has 1 saturated carbocycles. The van der Waals surface area contributed by atoms with Crippen molar-refractivity contribution in [2.75, 3.05) is 13.2 Å². The van der Waals surface area contributed by atoms with E-state index in [0.717, 1.165) is 13.2 Å². The topological polar surface area (TPSA) is 18.5 Å². The maximum Gasteiger partial charge on any atom is 0.184 e. The Labute approximate surface area is 154 Å². The van der Waals surface area contributed by atoms with E-state index in [0.29, 0.717) is 11.8 Å². The van der Waals surface area contributed by atoms with Gasteiger partial charge in [0.2, 0.25) is 0 Å². The largest absolute Gasteiger partial charge is 0.348 e. The molecule has 0 atom stereocenters. The van der Waals surface area contributed by atoms with Gasteiger partial charge in [-0.25, -0.2) is 0 Å². The first-order valence-electron chi connectivity index (χ1n) is 10.7. The lowest BCUT2D eigenvalue weighted by molar-refractivity contribution is -0.206. The van der Waals surface area contributed by atoms with Gasteiger partial charge in [0.25, 0.3) is 0 Å². The van der Waals surface area contributed by atoms with Crippen molar-refractivity contribution in [2.24, 2.45) is 5.92 Å². The molecule has 0 amide bonds. The predicted octanol–water partition coefficient (Wildman–Crippen LogP) is 6.54. The SMILES string of the molecule is CCCCc1ccc([C@H]2OC[C@H](CCC)CO2)c(C2CCCCC2)c1. The third-order valence-electron chi connectivity index (χ3n) is 5.93. The number of hydrogen-bond donors (Lipinski definition) is 0. The highest BCUT2D eigenvalue weighted by Gasteiger charge is 2.28. The molecule has 0 radical (unpaired) electrons. The van der Waals surface area contributed by atoms with Gasteiger partial charge in [-0.1, -0.05) is 64.2 Å². The Morgan fingerprint density at radius 2 is 1.68 bits per heavy atom. The number of ether oxygens (including phenoxy) is 2. The summed E-state index contributed by atoms with van der Waals surface area (Å²) in [6, 6.07) is 7.09. The van der Waals surface area contributed by atoms with Crippen molar-refractivity contribution in [3.63, 3.8) is 0 Å². The molecule has 2 heteroatoms. The molecular weight excluding hydrogens is 308 g/mol. The van der Waals surface area contributed by atoms with E-state index in [1.54, 1.807) is 0 Å². The summed E-state index contributed by atoms with van der Waals surface area (Å²) in [6.07, 6.45) is 12.8. The van der Waals surface area contributed by atoms with Crippen LogP contribution in [0.1, 0.15) is 101 Å². The van der Waals surface area contributed by atoms with Gasteiger partial charge in [0, 0.05) is 11.5 Å². The Morgan fingerprint density at radius 1 is 0.920 bits per heavy atom. The maximum atomic E-state index is 6.16. The van der Waals surface area contributed by atoms with Gasteiger partial charge in [0.15, 0.2) is 6.29 Å². The van der Waals surface area contributed by atoms with Crippen LogP contribution >= 0.6 is 0 Å². The van der Waals surface area contributed by atoms with Crippen LogP contribution in [-0.4, -0.2) is 13.2 Å². The fraction of sp³-hybridized carbons (Fsp3) is 0.739. The fourth-order valence-corrected chi connectivity index (χ4v) is 4.44. The second-order valence-corrected chi connectivity index (χ2v) is 8.06. The Balaban J connectivity index is 1.77. The molecule has 1 aliphatic carbocycles. The van der Waals surface area contributed by atoms with Crippen LogP contribution in [0.3, 0.4) is 0 Å². The summed E-state index contributed by atoms with van der Waals surface area (Å²) in [4.78, 5) is 0. The molecule has 140 valence electrons. The highest BCUT2D eigenvalue weighted by molar-refractivity contribution is 5.36. The average Bonchev–Trinajstić information content (AvgIpc) is 2.68. The minimum Gasteiger partial charge on any atom is -0.348 e. The van der Waals surface area contributed by atoms with E-state index in [1.165, 1.54) is 80.9 Å². The van der Waals surface area contributed by atoms with Crippen LogP contribution in [0.4, 0.5) is 0 Å². The summed E-state index contributed by atoms with van der Waals surface area (Å²) in [5, 5.41) is 0. The average molecular weight is 345 g/mol. The lowest BCUT2D eigenvalue weighted by atomic mass is 9.81. The summed E-state index contributed by atoms with van der Waals surface area (Å²) >= 11 is 0. The van der Waals surface area contributed by atoms with Crippen molar-refractivity contribution in [2.45, 2.75) is 90.3 Å². The van der Waals surface area contributed by atoms with E-state index in [2.05, 4.69) is 32.0 Å². The Kier molecular flexibility index (Phi) is 7.36. The van der Waals surface area contributed by atoms with Crippen molar-refractivity contribution in [3.8, 4) is 0 Å². The zero-order valence-electron chi connectivity index (χ0n) is 16.3. The number of aryl methyl sites for hydroxylation is 1. The summed E-state index contributed by atoms with van der Waals surface area (Å²) in [6.45, 7) is 6.20. The van der Waals surface area contributed by atoms with E-state index in [4.69, 9.17) is 9.47 Å². The van der Waals surface area contributed by atoms with Gasteiger partial charge >= 0.3 is 0 Å². The third kappa shape index (κ3) is 5.08. The first-order chi connectivity index (χ1) is 12.3. The Hall–Kier alpha value is -0.860. The van der Waals surface area contributed by atoms with Crippen molar-refractivity contribution in [1.29, 1.82) is 0 Å². The minimum atomic E-state index is -0.148. The Bertz CT molecular complexity index is 511. The molecule has 2 fully saturated rings. The quantitative estimate of drug-likeness (QED) is 0.559. The molecule has 2 nitrogen and oxygen atoms in total. The zero-order chi connectivity index (χ0) is 17.5. The number of unbranched alkanes of at least 4 members (excludes halogenated alkanes) is 1. The van der Waals surface area contributed by atoms with Gasteiger partial charge in [-0.05, 0) is 49.1 Å². The van der Waals surface area contributed by atoms with Crippen molar-refractivity contribution < 1.29 is 9.47 Å². The van der Waals surface area contributed by atoms with Gasteiger partial charge in [0.1, 0.15) is 0 Å². The van der Waals surface area contributed by atoms with Gasteiger partial charge < -0.3 is 9.47 Å². The van der Waals surface area contributed by atoms with Crippen LogP contribution in [-0.2, 0) is 15.9 Å². The molecule has 1 saturated heterocycles. The maximum absolute atomic E-state index is 6.16. The summed E-state index contributed by atoms with van der Waals surface area (Å²) in [5.74, 6) is 1.27. The summed E-state index contributed by atoms with van der Waals surface area (Å²) in [5.41, 5.74) is 4.32. The first kappa shape index (κ1) is 18.9. The van der Waals surface area contributed by atoms with Gasteiger partial charge in [-0.15, -0.1) is 0 Å². The van der Waals surface area contributed by atoms with Gasteiger partial charge in [-0.2, -0.15) is 0 Å². The van der Waals surface area contributed by atoms with Crippen molar-refractivity contribution >= 4 is 0 Å². The molecule has 0 unspecified atom stereocenters. The third-order valence-corrected chi connectivity index (χ3v) is 5.93. The second kappa shape index (κ2) is 9.73. The van der Waals surface area contributed by atoms with Crippen molar-refractivity contribution in [3.05, 3.63) is 34.9 Å².